The van der Waals surface area contributed by atoms with Gasteiger partial charge in [0.2, 0.25) is 0 Å². The molecule has 33 heavy (non-hydrogen) atoms. The van der Waals surface area contributed by atoms with Crippen LogP contribution < -0.4 is 19.1 Å². The average molecular weight is 453 g/mol. The summed E-state index contributed by atoms with van der Waals surface area (Å²) in [5, 5.41) is 9.71. The summed E-state index contributed by atoms with van der Waals surface area (Å²) in [7, 11) is 4.63. The molecule has 1 fully saturated rings. The van der Waals surface area contributed by atoms with Crippen molar-refractivity contribution < 1.29 is 28.9 Å². The van der Waals surface area contributed by atoms with E-state index in [0.29, 0.717) is 52.9 Å². The number of ether oxygens (including phenoxy) is 3. The van der Waals surface area contributed by atoms with Crippen molar-refractivity contribution in [2.45, 2.75) is 12.8 Å². The number of nitrogens with zero attached hydrogens (tertiary/aromatic N) is 2. The third kappa shape index (κ3) is 4.14. The van der Waals surface area contributed by atoms with E-state index in [2.05, 4.69) is 0 Å². The summed E-state index contributed by atoms with van der Waals surface area (Å²) in [6, 6.07) is 12.0. The van der Waals surface area contributed by atoms with Crippen molar-refractivity contribution in [2.24, 2.45) is 5.92 Å². The Labute approximate surface area is 193 Å². The Kier molecular flexibility index (Phi) is 6.55. The molecule has 8 heteroatoms. The van der Waals surface area contributed by atoms with Crippen LogP contribution in [0.5, 0.6) is 17.2 Å². The first-order chi connectivity index (χ1) is 16.0. The lowest BCUT2D eigenvalue weighted by Crippen LogP contribution is -2.40. The van der Waals surface area contributed by atoms with Crippen molar-refractivity contribution in [3.63, 3.8) is 0 Å². The number of benzene rings is 2. The molecule has 2 aromatic rings. The van der Waals surface area contributed by atoms with Crippen LogP contribution in [-0.2, 0) is 9.59 Å². The molecule has 1 atom stereocenters. The monoisotopic (exact) mass is 452 g/mol. The summed E-state index contributed by atoms with van der Waals surface area (Å²) < 4.78 is 16.0. The Hall–Kier alpha value is -3.52. The molecule has 2 aliphatic heterocycles. The van der Waals surface area contributed by atoms with E-state index in [1.165, 1.54) is 12.0 Å². The van der Waals surface area contributed by atoms with Crippen molar-refractivity contribution in [3.8, 4) is 17.2 Å². The van der Waals surface area contributed by atoms with E-state index in [1.54, 1.807) is 56.7 Å². The zero-order valence-electron chi connectivity index (χ0n) is 19.0. The largest absolute Gasteiger partial charge is 0.497 e. The Bertz CT molecular complexity index is 1080. The highest BCUT2D eigenvalue weighted by atomic mass is 16.5. The van der Waals surface area contributed by atoms with Crippen LogP contribution in [0.2, 0.25) is 0 Å². The molecule has 0 radical (unpaired) electrons. The molecule has 1 N–H and O–H groups in total. The third-order valence-corrected chi connectivity index (χ3v) is 6.16. The maximum absolute atomic E-state index is 13.7. The molecule has 0 aromatic heterocycles. The molecule has 0 spiro atoms. The number of amides is 2. The first kappa shape index (κ1) is 22.7. The summed E-state index contributed by atoms with van der Waals surface area (Å²) in [6.45, 7) is 1.19. The van der Waals surface area contributed by atoms with Crippen molar-refractivity contribution in [1.82, 2.24) is 4.90 Å². The lowest BCUT2D eigenvalue weighted by molar-refractivity contribution is -0.120. The third-order valence-electron chi connectivity index (χ3n) is 6.16. The van der Waals surface area contributed by atoms with Gasteiger partial charge in [-0.1, -0.05) is 6.07 Å². The molecular weight excluding hydrogens is 424 g/mol. The number of hydrogen-bond acceptors (Lipinski definition) is 7. The highest BCUT2D eigenvalue weighted by Gasteiger charge is 2.43. The van der Waals surface area contributed by atoms with Gasteiger partial charge in [0, 0.05) is 19.7 Å². The van der Waals surface area contributed by atoms with Gasteiger partial charge in [-0.05, 0) is 60.7 Å². The lowest BCUT2D eigenvalue weighted by Gasteiger charge is -2.34. The number of carbonyl (C=O) groups excluding carboxylic acids is 2. The summed E-state index contributed by atoms with van der Waals surface area (Å²) >= 11 is 0. The molecule has 0 aliphatic carbocycles. The number of anilines is 1. The maximum Gasteiger partial charge on any atom is 0.282 e. The molecule has 0 saturated carbocycles. The summed E-state index contributed by atoms with van der Waals surface area (Å²) in [4.78, 5) is 30.5. The smallest absolute Gasteiger partial charge is 0.282 e. The topological polar surface area (TPSA) is 88.5 Å². The fourth-order valence-electron chi connectivity index (χ4n) is 4.45. The summed E-state index contributed by atoms with van der Waals surface area (Å²) in [6.07, 6.45) is 1.72. The number of rotatable bonds is 7. The van der Waals surface area contributed by atoms with Gasteiger partial charge in [0.05, 0.1) is 32.6 Å². The first-order valence-corrected chi connectivity index (χ1v) is 10.9. The lowest BCUT2D eigenvalue weighted by atomic mass is 9.96. The van der Waals surface area contributed by atoms with Gasteiger partial charge in [0.1, 0.15) is 11.4 Å². The van der Waals surface area contributed by atoms with Gasteiger partial charge in [0.15, 0.2) is 11.5 Å². The zero-order chi connectivity index (χ0) is 23.5. The van der Waals surface area contributed by atoms with Crippen LogP contribution in [0, 0.1) is 5.92 Å². The minimum atomic E-state index is -0.404. The number of carbonyl (C=O) groups is 2. The second-order valence-electron chi connectivity index (χ2n) is 8.07. The zero-order valence-corrected chi connectivity index (χ0v) is 19.0. The molecule has 2 heterocycles. The molecular formula is C25H28N2O6. The Balaban J connectivity index is 1.82. The van der Waals surface area contributed by atoms with Crippen molar-refractivity contribution in [1.29, 1.82) is 0 Å². The number of likely N-dealkylation sites (tertiary alicyclic amines) is 1. The normalized spacial score (nSPS) is 18.7. The van der Waals surface area contributed by atoms with Crippen LogP contribution in [0.1, 0.15) is 18.4 Å². The Morgan fingerprint density at radius 2 is 1.67 bits per heavy atom. The van der Waals surface area contributed by atoms with Gasteiger partial charge in [-0.25, -0.2) is 4.90 Å². The molecule has 1 unspecified atom stereocenters. The van der Waals surface area contributed by atoms with E-state index in [-0.39, 0.29) is 18.4 Å². The predicted molar refractivity (Wildman–Crippen MR) is 123 cm³/mol. The summed E-state index contributed by atoms with van der Waals surface area (Å²) in [5.41, 5.74) is 1.70. The van der Waals surface area contributed by atoms with Crippen LogP contribution in [0.15, 0.2) is 48.2 Å². The highest BCUT2D eigenvalue weighted by Crippen LogP contribution is 2.39. The molecule has 4 rings (SSSR count). The van der Waals surface area contributed by atoms with Gasteiger partial charge < -0.3 is 24.2 Å². The van der Waals surface area contributed by atoms with Gasteiger partial charge in [-0.2, -0.15) is 0 Å². The fraction of sp³-hybridized carbons (Fsp3) is 0.360. The van der Waals surface area contributed by atoms with E-state index >= 15 is 0 Å². The van der Waals surface area contributed by atoms with E-state index in [9.17, 15) is 14.7 Å². The minimum absolute atomic E-state index is 0.0415. The molecule has 1 saturated heterocycles. The van der Waals surface area contributed by atoms with Crippen molar-refractivity contribution in [2.75, 3.05) is 45.9 Å². The Morgan fingerprint density at radius 1 is 0.939 bits per heavy atom. The van der Waals surface area contributed by atoms with Crippen LogP contribution in [-0.4, -0.2) is 62.8 Å². The minimum Gasteiger partial charge on any atom is -0.497 e. The van der Waals surface area contributed by atoms with Gasteiger partial charge in [0.25, 0.3) is 11.8 Å². The molecule has 2 aromatic carbocycles. The van der Waals surface area contributed by atoms with Crippen LogP contribution in [0.4, 0.5) is 5.69 Å². The SMILES string of the molecule is COc1ccc(N2C(=O)C(c3ccc(OC)c(OC)c3)=C(N3CCCC(CO)C3)C2=O)cc1. The number of imide groups is 1. The second-order valence-corrected chi connectivity index (χ2v) is 8.07. The number of aliphatic hydroxyl groups excluding tert-OH is 1. The standard InChI is InChI=1S/C25H28N2O6/c1-31-19-9-7-18(8-10-19)27-24(29)22(17-6-11-20(32-2)21(13-17)33-3)23(25(27)30)26-12-4-5-16(14-26)15-28/h6-11,13,16,28H,4-5,12,14-15H2,1-3H3. The number of methoxy groups -OCH3 is 3. The molecule has 0 bridgehead atoms. The average Bonchev–Trinajstić information content (AvgIpc) is 3.13. The van der Waals surface area contributed by atoms with E-state index in [4.69, 9.17) is 14.2 Å². The van der Waals surface area contributed by atoms with E-state index in [0.717, 1.165) is 12.8 Å². The molecule has 174 valence electrons. The van der Waals surface area contributed by atoms with E-state index < -0.39 is 5.91 Å². The molecule has 2 amide bonds. The van der Waals surface area contributed by atoms with Gasteiger partial charge in [-0.15, -0.1) is 0 Å². The number of piperidine rings is 1. The highest BCUT2D eigenvalue weighted by molar-refractivity contribution is 6.45. The molecule has 8 nitrogen and oxygen atoms in total. The number of hydrogen-bond donors (Lipinski definition) is 1. The maximum atomic E-state index is 13.7. The quantitative estimate of drug-likeness (QED) is 0.646. The number of aliphatic hydroxyl groups is 1. The van der Waals surface area contributed by atoms with Gasteiger partial charge in [-0.3, -0.25) is 9.59 Å². The van der Waals surface area contributed by atoms with Gasteiger partial charge >= 0.3 is 0 Å². The molecule has 2 aliphatic rings. The second kappa shape index (κ2) is 9.54. The van der Waals surface area contributed by atoms with Crippen LogP contribution in [0.25, 0.3) is 5.57 Å². The Morgan fingerprint density at radius 3 is 2.30 bits per heavy atom. The fourth-order valence-corrected chi connectivity index (χ4v) is 4.45. The van der Waals surface area contributed by atoms with Crippen LogP contribution >= 0.6 is 0 Å². The van der Waals surface area contributed by atoms with E-state index in [1.807, 2.05) is 4.90 Å². The van der Waals surface area contributed by atoms with Crippen molar-refractivity contribution >= 4 is 23.1 Å². The first-order valence-electron chi connectivity index (χ1n) is 10.9. The predicted octanol–water partition coefficient (Wildman–Crippen LogP) is 2.70. The van der Waals surface area contributed by atoms with Crippen LogP contribution in [0.3, 0.4) is 0 Å². The van der Waals surface area contributed by atoms with Crippen molar-refractivity contribution in [3.05, 3.63) is 53.7 Å². The summed E-state index contributed by atoms with van der Waals surface area (Å²) in [5.74, 6) is 0.901.